The van der Waals surface area contributed by atoms with Crippen molar-refractivity contribution in [2.75, 3.05) is 0 Å². The molecule has 0 aromatic carbocycles. The van der Waals surface area contributed by atoms with Crippen molar-refractivity contribution in [3.63, 3.8) is 0 Å². The second-order valence-electron chi connectivity index (χ2n) is 3.91. The molecule has 2 N–H and O–H groups in total. The zero-order valence-corrected chi connectivity index (χ0v) is 11.3. The van der Waals surface area contributed by atoms with Gasteiger partial charge in [0.1, 0.15) is 0 Å². The molecule has 0 unspecified atom stereocenters. The van der Waals surface area contributed by atoms with Gasteiger partial charge in [-0.05, 0) is 35.8 Å². The lowest BCUT2D eigenvalue weighted by Crippen LogP contribution is -2.09. The Morgan fingerprint density at radius 1 is 1.29 bits per heavy atom. The Hall–Kier alpha value is -1.33. The van der Waals surface area contributed by atoms with Gasteiger partial charge in [0.15, 0.2) is 5.82 Å². The highest BCUT2D eigenvalue weighted by molar-refractivity contribution is 9.10. The van der Waals surface area contributed by atoms with Crippen molar-refractivity contribution < 1.29 is 0 Å². The maximum atomic E-state index is 5.83. The van der Waals surface area contributed by atoms with Crippen LogP contribution in [0.25, 0.3) is 11.4 Å². The van der Waals surface area contributed by atoms with Crippen LogP contribution in [0.3, 0.4) is 0 Å². The summed E-state index contributed by atoms with van der Waals surface area (Å²) in [6, 6.07) is 1.89. The maximum Gasteiger partial charge on any atom is 0.160 e. The Labute approximate surface area is 108 Å². The van der Waals surface area contributed by atoms with Gasteiger partial charge in [-0.15, -0.1) is 0 Å². The number of pyridine rings is 1. The van der Waals surface area contributed by atoms with E-state index in [4.69, 9.17) is 5.73 Å². The highest BCUT2D eigenvalue weighted by Crippen LogP contribution is 2.20. The maximum absolute atomic E-state index is 5.83. The molecular formula is C12H13BrN4. The molecule has 2 rings (SSSR count). The van der Waals surface area contributed by atoms with E-state index in [0.717, 1.165) is 21.3 Å². The first kappa shape index (κ1) is 12.1. The topological polar surface area (TPSA) is 64.7 Å². The van der Waals surface area contributed by atoms with Crippen LogP contribution in [-0.2, 0) is 0 Å². The average molecular weight is 293 g/mol. The third kappa shape index (κ3) is 2.68. The predicted molar refractivity (Wildman–Crippen MR) is 70.3 cm³/mol. The van der Waals surface area contributed by atoms with E-state index in [1.165, 1.54) is 0 Å². The molecule has 0 aliphatic carbocycles. The second kappa shape index (κ2) is 4.89. The van der Waals surface area contributed by atoms with E-state index in [1.54, 1.807) is 18.6 Å². The fraction of sp³-hybridized carbons (Fsp3) is 0.250. The van der Waals surface area contributed by atoms with Gasteiger partial charge in [-0.1, -0.05) is 0 Å². The third-order valence-corrected chi connectivity index (χ3v) is 2.90. The Bertz CT molecular complexity index is 540. The van der Waals surface area contributed by atoms with Crippen LogP contribution in [0, 0.1) is 6.92 Å². The summed E-state index contributed by atoms with van der Waals surface area (Å²) in [5.74, 6) is 0.667. The highest BCUT2D eigenvalue weighted by atomic mass is 79.9. The molecule has 17 heavy (non-hydrogen) atoms. The Morgan fingerprint density at radius 3 is 2.65 bits per heavy atom. The van der Waals surface area contributed by atoms with Crippen LogP contribution in [0.15, 0.2) is 29.1 Å². The third-order valence-electron chi connectivity index (χ3n) is 2.47. The molecule has 2 heterocycles. The Kier molecular flexibility index (Phi) is 3.49. The molecule has 2 aromatic heterocycles. The van der Waals surface area contributed by atoms with E-state index in [9.17, 15) is 0 Å². The smallest absolute Gasteiger partial charge is 0.160 e. The van der Waals surface area contributed by atoms with Gasteiger partial charge in [-0.3, -0.25) is 4.98 Å². The molecule has 4 nitrogen and oxygen atoms in total. The molecule has 5 heteroatoms. The largest absolute Gasteiger partial charge is 0.324 e. The minimum absolute atomic E-state index is 0.0512. The monoisotopic (exact) mass is 292 g/mol. The van der Waals surface area contributed by atoms with Gasteiger partial charge in [0.25, 0.3) is 0 Å². The zero-order chi connectivity index (χ0) is 12.4. The normalized spacial score (nSPS) is 12.5. The van der Waals surface area contributed by atoms with Gasteiger partial charge >= 0.3 is 0 Å². The van der Waals surface area contributed by atoms with Gasteiger partial charge < -0.3 is 5.73 Å². The summed E-state index contributed by atoms with van der Waals surface area (Å²) in [7, 11) is 0. The molecule has 1 atom stereocenters. The minimum Gasteiger partial charge on any atom is -0.324 e. The molecule has 0 fully saturated rings. The van der Waals surface area contributed by atoms with E-state index >= 15 is 0 Å². The minimum atomic E-state index is -0.0512. The standard InChI is InChI=1S/C12H13BrN4/c1-7(14)11-6-16-12(17-8(11)2)9-3-10(13)5-15-4-9/h3-7H,14H2,1-2H3/t7-/m1/s1. The molecular weight excluding hydrogens is 280 g/mol. The van der Waals surface area contributed by atoms with Crippen LogP contribution in [0.2, 0.25) is 0 Å². The van der Waals surface area contributed by atoms with Crippen molar-refractivity contribution in [3.05, 3.63) is 40.4 Å². The molecule has 0 radical (unpaired) electrons. The summed E-state index contributed by atoms with van der Waals surface area (Å²) in [4.78, 5) is 12.9. The summed E-state index contributed by atoms with van der Waals surface area (Å²) in [6.45, 7) is 3.86. The van der Waals surface area contributed by atoms with Crippen LogP contribution >= 0.6 is 15.9 Å². The SMILES string of the molecule is Cc1nc(-c2cncc(Br)c2)ncc1[C@@H](C)N. The van der Waals surface area contributed by atoms with Gasteiger partial charge in [-0.25, -0.2) is 9.97 Å². The fourth-order valence-electron chi connectivity index (χ4n) is 1.60. The van der Waals surface area contributed by atoms with Crippen LogP contribution < -0.4 is 5.73 Å². The molecule has 0 saturated carbocycles. The van der Waals surface area contributed by atoms with E-state index < -0.39 is 0 Å². The molecule has 0 bridgehead atoms. The molecule has 0 aliphatic heterocycles. The number of nitrogens with zero attached hydrogens (tertiary/aromatic N) is 3. The van der Waals surface area contributed by atoms with Crippen LogP contribution in [0.5, 0.6) is 0 Å². The lowest BCUT2D eigenvalue weighted by atomic mass is 10.1. The number of aromatic nitrogens is 3. The summed E-state index contributed by atoms with van der Waals surface area (Å²) < 4.78 is 0.910. The lowest BCUT2D eigenvalue weighted by Gasteiger charge is -2.09. The Balaban J connectivity index is 2.44. The first-order valence-electron chi connectivity index (χ1n) is 5.28. The van der Waals surface area contributed by atoms with Crippen molar-refractivity contribution in [2.24, 2.45) is 5.73 Å². The van der Waals surface area contributed by atoms with Crippen LogP contribution in [0.4, 0.5) is 0 Å². The van der Waals surface area contributed by atoms with Crippen LogP contribution in [-0.4, -0.2) is 15.0 Å². The molecule has 0 amide bonds. The molecule has 0 aliphatic rings. The number of aryl methyl sites for hydroxylation is 1. The summed E-state index contributed by atoms with van der Waals surface area (Å²) in [5.41, 5.74) is 8.59. The molecule has 0 saturated heterocycles. The van der Waals surface area contributed by atoms with Gasteiger partial charge in [-0.2, -0.15) is 0 Å². The summed E-state index contributed by atoms with van der Waals surface area (Å²) in [6.07, 6.45) is 5.25. The summed E-state index contributed by atoms with van der Waals surface area (Å²) >= 11 is 3.38. The number of halogens is 1. The zero-order valence-electron chi connectivity index (χ0n) is 9.68. The first-order valence-corrected chi connectivity index (χ1v) is 6.07. The van der Waals surface area contributed by atoms with Crippen LogP contribution in [0.1, 0.15) is 24.2 Å². The van der Waals surface area contributed by atoms with Crippen molar-refractivity contribution in [3.8, 4) is 11.4 Å². The van der Waals surface area contributed by atoms with Gasteiger partial charge in [0.2, 0.25) is 0 Å². The first-order chi connectivity index (χ1) is 8.08. The van der Waals surface area contributed by atoms with Crippen molar-refractivity contribution >= 4 is 15.9 Å². The second-order valence-corrected chi connectivity index (χ2v) is 4.83. The van der Waals surface area contributed by atoms with E-state index in [0.29, 0.717) is 5.82 Å². The Morgan fingerprint density at radius 2 is 2.06 bits per heavy atom. The van der Waals surface area contributed by atoms with Gasteiger partial charge in [0.05, 0.1) is 0 Å². The van der Waals surface area contributed by atoms with E-state index in [-0.39, 0.29) is 6.04 Å². The quantitative estimate of drug-likeness (QED) is 0.924. The van der Waals surface area contributed by atoms with E-state index in [1.807, 2.05) is 19.9 Å². The highest BCUT2D eigenvalue weighted by Gasteiger charge is 2.08. The van der Waals surface area contributed by atoms with E-state index in [2.05, 4.69) is 30.9 Å². The average Bonchev–Trinajstić information content (AvgIpc) is 2.28. The van der Waals surface area contributed by atoms with Crippen molar-refractivity contribution in [2.45, 2.75) is 19.9 Å². The number of nitrogens with two attached hydrogens (primary N) is 1. The molecule has 2 aromatic rings. The van der Waals surface area contributed by atoms with Crippen molar-refractivity contribution in [1.82, 2.24) is 15.0 Å². The number of hydrogen-bond acceptors (Lipinski definition) is 4. The van der Waals surface area contributed by atoms with Crippen molar-refractivity contribution in [1.29, 1.82) is 0 Å². The molecule has 88 valence electrons. The van der Waals surface area contributed by atoms with Gasteiger partial charge in [0, 0.05) is 45.9 Å². The lowest BCUT2D eigenvalue weighted by molar-refractivity contribution is 0.790. The molecule has 0 spiro atoms. The summed E-state index contributed by atoms with van der Waals surface area (Å²) in [5, 5.41) is 0. The number of rotatable bonds is 2. The number of hydrogen-bond donors (Lipinski definition) is 1. The predicted octanol–water partition coefficient (Wildman–Crippen LogP) is 2.63. The fourth-order valence-corrected chi connectivity index (χ4v) is 1.96.